The average molecular weight is 288 g/mol. The van der Waals surface area contributed by atoms with Gasteiger partial charge < -0.3 is 15.4 Å². The van der Waals surface area contributed by atoms with Gasteiger partial charge in [0.1, 0.15) is 0 Å². The summed E-state index contributed by atoms with van der Waals surface area (Å²) < 4.78 is 5.19. The number of ether oxygens (including phenoxy) is 1. The van der Waals surface area contributed by atoms with Crippen LogP contribution in [0.5, 0.6) is 0 Å². The summed E-state index contributed by atoms with van der Waals surface area (Å²) in [5.74, 6) is 0.0995. The lowest BCUT2D eigenvalue weighted by molar-refractivity contribution is -0.118. The van der Waals surface area contributed by atoms with E-state index in [1.165, 1.54) is 18.4 Å². The van der Waals surface area contributed by atoms with E-state index in [0.717, 1.165) is 38.1 Å². The van der Waals surface area contributed by atoms with Crippen LogP contribution in [0.2, 0.25) is 0 Å². The Morgan fingerprint density at radius 3 is 2.95 bits per heavy atom. The molecule has 1 amide bonds. The molecule has 21 heavy (non-hydrogen) atoms. The molecule has 2 aliphatic rings. The number of aryl methyl sites for hydroxylation is 1. The molecule has 0 bridgehead atoms. The highest BCUT2D eigenvalue weighted by molar-refractivity contribution is 5.96. The van der Waals surface area contributed by atoms with E-state index in [2.05, 4.69) is 16.7 Å². The van der Waals surface area contributed by atoms with Crippen LogP contribution in [0.3, 0.4) is 0 Å². The fourth-order valence-electron chi connectivity index (χ4n) is 3.06. The van der Waals surface area contributed by atoms with Gasteiger partial charge in [0.25, 0.3) is 0 Å². The molecule has 0 radical (unpaired) electrons. The van der Waals surface area contributed by atoms with Crippen LogP contribution in [0.4, 0.5) is 5.69 Å². The second-order valence-corrected chi connectivity index (χ2v) is 6.36. The summed E-state index contributed by atoms with van der Waals surface area (Å²) in [6.07, 6.45) is 5.39. The van der Waals surface area contributed by atoms with Crippen LogP contribution in [0.25, 0.3) is 0 Å². The minimum absolute atomic E-state index is 0.0857. The molecule has 1 aliphatic carbocycles. The summed E-state index contributed by atoms with van der Waals surface area (Å²) in [5, 5.41) is 6.54. The molecule has 0 saturated heterocycles. The van der Waals surface area contributed by atoms with Crippen LogP contribution in [0.15, 0.2) is 24.3 Å². The second-order valence-electron chi connectivity index (χ2n) is 6.36. The van der Waals surface area contributed by atoms with E-state index in [9.17, 15) is 4.79 Å². The maximum atomic E-state index is 12.3. The first-order valence-corrected chi connectivity index (χ1v) is 7.84. The number of fused-ring (bicyclic) bond motifs is 1. The largest absolute Gasteiger partial charge is 0.385 e. The first-order chi connectivity index (χ1) is 10.2. The van der Waals surface area contributed by atoms with Crippen molar-refractivity contribution >= 4 is 11.6 Å². The highest BCUT2D eigenvalue weighted by Crippen LogP contribution is 2.48. The molecule has 3 rings (SSSR count). The molecule has 2 N–H and O–H groups in total. The molecule has 1 aliphatic heterocycles. The minimum Gasteiger partial charge on any atom is -0.385 e. The molecule has 114 valence electrons. The molecule has 1 aromatic rings. The van der Waals surface area contributed by atoms with Gasteiger partial charge in [0.15, 0.2) is 0 Å². The van der Waals surface area contributed by atoms with E-state index in [0.29, 0.717) is 5.41 Å². The van der Waals surface area contributed by atoms with Crippen molar-refractivity contribution in [3.63, 3.8) is 0 Å². The van der Waals surface area contributed by atoms with Gasteiger partial charge >= 0.3 is 0 Å². The number of nitrogens with one attached hydrogen (secondary N) is 2. The summed E-state index contributed by atoms with van der Waals surface area (Å²) in [5.41, 5.74) is 2.57. The van der Waals surface area contributed by atoms with E-state index in [1.54, 1.807) is 7.11 Å². The van der Waals surface area contributed by atoms with Gasteiger partial charge in [-0.25, -0.2) is 0 Å². The van der Waals surface area contributed by atoms with Crippen molar-refractivity contribution in [3.8, 4) is 0 Å². The molecule has 4 nitrogen and oxygen atoms in total. The van der Waals surface area contributed by atoms with E-state index < -0.39 is 0 Å². The molecular formula is C17H24N2O2. The standard InChI is InChI=1S/C17H24N2O2/c1-21-11-10-17(8-9-17)12-18-15-7-6-13-4-2-3-5-14(13)19-16(15)20/h2-5,15,18H,6-12H2,1H3,(H,19,20). The summed E-state index contributed by atoms with van der Waals surface area (Å²) in [6.45, 7) is 1.73. The second kappa shape index (κ2) is 6.16. The Kier molecular flexibility index (Phi) is 4.27. The molecule has 1 saturated carbocycles. The smallest absolute Gasteiger partial charge is 0.241 e. The Bertz CT molecular complexity index is 511. The zero-order chi connectivity index (χ0) is 14.7. The average Bonchev–Trinajstić information content (AvgIpc) is 3.28. The number of methoxy groups -OCH3 is 1. The first-order valence-electron chi connectivity index (χ1n) is 7.84. The van der Waals surface area contributed by atoms with Crippen LogP contribution in [0.1, 0.15) is 31.2 Å². The van der Waals surface area contributed by atoms with Crippen molar-refractivity contribution in [2.24, 2.45) is 5.41 Å². The van der Waals surface area contributed by atoms with Crippen LogP contribution in [-0.4, -0.2) is 32.2 Å². The third-order valence-electron chi connectivity index (χ3n) is 4.81. The van der Waals surface area contributed by atoms with E-state index in [1.807, 2.05) is 18.2 Å². The van der Waals surface area contributed by atoms with Crippen LogP contribution in [0, 0.1) is 5.41 Å². The monoisotopic (exact) mass is 288 g/mol. The number of carbonyl (C=O) groups is 1. The molecule has 0 aromatic heterocycles. The maximum absolute atomic E-state index is 12.3. The molecule has 1 atom stereocenters. The van der Waals surface area contributed by atoms with Gasteiger partial charge in [-0.1, -0.05) is 18.2 Å². The Hall–Kier alpha value is -1.39. The Morgan fingerprint density at radius 2 is 2.19 bits per heavy atom. The fourth-order valence-corrected chi connectivity index (χ4v) is 3.06. The molecular weight excluding hydrogens is 264 g/mol. The van der Waals surface area contributed by atoms with Crippen molar-refractivity contribution in [2.45, 2.75) is 38.1 Å². The molecule has 4 heteroatoms. The van der Waals surface area contributed by atoms with E-state index in [-0.39, 0.29) is 11.9 Å². The topological polar surface area (TPSA) is 50.4 Å². The fraction of sp³-hybridized carbons (Fsp3) is 0.588. The van der Waals surface area contributed by atoms with Crippen LogP contribution in [-0.2, 0) is 16.0 Å². The van der Waals surface area contributed by atoms with Gasteiger partial charge in [-0.15, -0.1) is 0 Å². The Labute approximate surface area is 126 Å². The number of rotatable bonds is 6. The zero-order valence-electron chi connectivity index (χ0n) is 12.7. The lowest BCUT2D eigenvalue weighted by Gasteiger charge is -2.20. The summed E-state index contributed by atoms with van der Waals surface area (Å²) in [4.78, 5) is 12.3. The number of benzene rings is 1. The molecule has 1 fully saturated rings. The van der Waals surface area contributed by atoms with Gasteiger partial charge in [0, 0.05) is 25.9 Å². The van der Waals surface area contributed by atoms with Gasteiger partial charge in [-0.2, -0.15) is 0 Å². The highest BCUT2D eigenvalue weighted by atomic mass is 16.5. The molecule has 1 unspecified atom stereocenters. The van der Waals surface area contributed by atoms with Gasteiger partial charge in [-0.05, 0) is 49.1 Å². The van der Waals surface area contributed by atoms with Crippen molar-refractivity contribution in [3.05, 3.63) is 29.8 Å². The Morgan fingerprint density at radius 1 is 1.38 bits per heavy atom. The number of hydrogen-bond donors (Lipinski definition) is 2. The number of para-hydroxylation sites is 1. The first kappa shape index (κ1) is 14.5. The SMILES string of the molecule is COCCC1(CNC2CCc3ccccc3NC2=O)CC1. The van der Waals surface area contributed by atoms with Gasteiger partial charge in [-0.3, -0.25) is 4.79 Å². The number of hydrogen-bond acceptors (Lipinski definition) is 3. The van der Waals surface area contributed by atoms with Crippen molar-refractivity contribution in [1.29, 1.82) is 0 Å². The van der Waals surface area contributed by atoms with E-state index >= 15 is 0 Å². The number of carbonyl (C=O) groups excluding carboxylic acids is 1. The zero-order valence-corrected chi connectivity index (χ0v) is 12.7. The van der Waals surface area contributed by atoms with Gasteiger partial charge in [0.2, 0.25) is 5.91 Å². The number of anilines is 1. The van der Waals surface area contributed by atoms with Crippen molar-refractivity contribution in [2.75, 3.05) is 25.6 Å². The normalized spacial score (nSPS) is 23.1. The lowest BCUT2D eigenvalue weighted by Crippen LogP contribution is -2.42. The van der Waals surface area contributed by atoms with Crippen molar-refractivity contribution in [1.82, 2.24) is 5.32 Å². The summed E-state index contributed by atoms with van der Waals surface area (Å²) in [7, 11) is 1.75. The lowest BCUT2D eigenvalue weighted by atomic mass is 10.0. The van der Waals surface area contributed by atoms with Crippen molar-refractivity contribution < 1.29 is 9.53 Å². The van der Waals surface area contributed by atoms with Gasteiger partial charge in [0.05, 0.1) is 6.04 Å². The molecule has 1 aromatic carbocycles. The summed E-state index contributed by atoms with van der Waals surface area (Å²) in [6, 6.07) is 7.99. The number of amides is 1. The van der Waals surface area contributed by atoms with E-state index in [4.69, 9.17) is 4.74 Å². The third-order valence-corrected chi connectivity index (χ3v) is 4.81. The predicted molar refractivity (Wildman–Crippen MR) is 83.3 cm³/mol. The predicted octanol–water partition coefficient (Wildman–Crippen LogP) is 2.35. The quantitative estimate of drug-likeness (QED) is 0.845. The minimum atomic E-state index is -0.0857. The van der Waals surface area contributed by atoms with Crippen LogP contribution < -0.4 is 10.6 Å². The maximum Gasteiger partial charge on any atom is 0.241 e. The summed E-state index contributed by atoms with van der Waals surface area (Å²) >= 11 is 0. The Balaban J connectivity index is 1.57. The molecule has 0 spiro atoms. The van der Waals surface area contributed by atoms with Crippen LogP contribution >= 0.6 is 0 Å². The molecule has 1 heterocycles. The highest BCUT2D eigenvalue weighted by Gasteiger charge is 2.42. The third kappa shape index (κ3) is 3.44.